The molecular formula is C26H30ClF3N6O4S. The van der Waals surface area contributed by atoms with E-state index in [1.165, 1.54) is 31.4 Å². The number of pyridine rings is 1. The summed E-state index contributed by atoms with van der Waals surface area (Å²) in [5.74, 6) is -1.90. The molecule has 2 aliphatic rings. The number of carbonyl (C=O) groups is 3. The van der Waals surface area contributed by atoms with Crippen LogP contribution in [0.25, 0.3) is 0 Å². The van der Waals surface area contributed by atoms with Gasteiger partial charge in [-0.05, 0) is 32.0 Å². The maximum absolute atomic E-state index is 13.7. The number of halogens is 4. The fourth-order valence-electron chi connectivity index (χ4n) is 4.65. The smallest absolute Gasteiger partial charge is 0.373 e. The van der Waals surface area contributed by atoms with Crippen LogP contribution in [-0.4, -0.2) is 76.8 Å². The van der Waals surface area contributed by atoms with Gasteiger partial charge in [0.2, 0.25) is 5.91 Å². The number of ketones is 1. The number of hydrogen-bond acceptors (Lipinski definition) is 9. The van der Waals surface area contributed by atoms with Gasteiger partial charge in [0.1, 0.15) is 18.0 Å². The zero-order valence-electron chi connectivity index (χ0n) is 22.3. The maximum atomic E-state index is 13.7. The number of amides is 2. The average molecular weight is 615 g/mol. The zero-order valence-corrected chi connectivity index (χ0v) is 23.9. The SMILES string of the molecule is CC(C)(N)C(=O)N[C@H](COCc1cc(Cl)cs1)C(=O)C1CC2=NN(CC(F)(F)F)C(=O)[C@@]2(Cc2ccccn2)CN1. The van der Waals surface area contributed by atoms with E-state index in [1.54, 1.807) is 29.6 Å². The highest BCUT2D eigenvalue weighted by Gasteiger charge is 2.56. The number of hydrogen-bond donors (Lipinski definition) is 3. The van der Waals surface area contributed by atoms with E-state index in [0.29, 0.717) is 15.7 Å². The second-order valence-electron chi connectivity index (χ2n) is 10.6. The number of aromatic nitrogens is 1. The van der Waals surface area contributed by atoms with Crippen molar-refractivity contribution < 1.29 is 32.3 Å². The summed E-state index contributed by atoms with van der Waals surface area (Å²) in [5.41, 5.74) is 3.82. The molecule has 15 heteroatoms. The highest BCUT2D eigenvalue weighted by atomic mass is 35.5. The van der Waals surface area contributed by atoms with Crippen molar-refractivity contribution in [2.75, 3.05) is 19.7 Å². The summed E-state index contributed by atoms with van der Waals surface area (Å²) in [4.78, 5) is 44.8. The third kappa shape index (κ3) is 7.49. The second-order valence-corrected chi connectivity index (χ2v) is 12.1. The van der Waals surface area contributed by atoms with Gasteiger partial charge in [-0.25, -0.2) is 5.01 Å². The lowest BCUT2D eigenvalue weighted by Crippen LogP contribution is -2.62. The van der Waals surface area contributed by atoms with E-state index in [9.17, 15) is 27.6 Å². The first-order valence-electron chi connectivity index (χ1n) is 12.7. The molecule has 1 saturated heterocycles. The van der Waals surface area contributed by atoms with Crippen molar-refractivity contribution >= 4 is 46.2 Å². The Bertz CT molecular complexity index is 1320. The van der Waals surface area contributed by atoms with Crippen molar-refractivity contribution in [2.24, 2.45) is 16.3 Å². The molecule has 0 aromatic carbocycles. The van der Waals surface area contributed by atoms with Crippen LogP contribution in [0.3, 0.4) is 0 Å². The first kappa shape index (κ1) is 31.0. The van der Waals surface area contributed by atoms with Gasteiger partial charge in [-0.1, -0.05) is 17.7 Å². The van der Waals surface area contributed by atoms with Crippen LogP contribution in [0.1, 0.15) is 30.8 Å². The van der Waals surface area contributed by atoms with Crippen LogP contribution in [0.4, 0.5) is 13.2 Å². The van der Waals surface area contributed by atoms with Gasteiger partial charge < -0.3 is 21.1 Å². The molecule has 2 aromatic rings. The fourth-order valence-corrected chi connectivity index (χ4v) is 5.66. The summed E-state index contributed by atoms with van der Waals surface area (Å²) < 4.78 is 45.5. The minimum absolute atomic E-state index is 0.00177. The largest absolute Gasteiger partial charge is 0.408 e. The number of ether oxygens (including phenoxy) is 1. The number of thiophene rings is 1. The maximum Gasteiger partial charge on any atom is 0.408 e. The first-order chi connectivity index (χ1) is 19.2. The summed E-state index contributed by atoms with van der Waals surface area (Å²) in [6, 6.07) is 4.68. The van der Waals surface area contributed by atoms with Gasteiger partial charge in [0, 0.05) is 41.5 Å². The molecule has 0 bridgehead atoms. The van der Waals surface area contributed by atoms with Gasteiger partial charge in [-0.15, -0.1) is 11.3 Å². The molecule has 10 nitrogen and oxygen atoms in total. The number of carbonyl (C=O) groups excluding carboxylic acids is 3. The van der Waals surface area contributed by atoms with Crippen molar-refractivity contribution in [3.8, 4) is 0 Å². The number of nitrogens with zero attached hydrogens (tertiary/aromatic N) is 3. The van der Waals surface area contributed by atoms with Crippen LogP contribution < -0.4 is 16.4 Å². The Labute approximate surface area is 243 Å². The summed E-state index contributed by atoms with van der Waals surface area (Å²) in [5, 5.41) is 12.4. The normalized spacial score (nSPS) is 21.8. The molecule has 0 aliphatic carbocycles. The molecule has 4 rings (SSSR count). The highest BCUT2D eigenvalue weighted by Crippen LogP contribution is 2.38. The fraction of sp³-hybridized carbons (Fsp3) is 0.500. The lowest BCUT2D eigenvalue weighted by Gasteiger charge is -2.37. The quantitative estimate of drug-likeness (QED) is 0.353. The number of Topliss-reactive ketones (excluding diaryl/α,β-unsaturated/α-hetero) is 1. The molecule has 1 unspecified atom stereocenters. The van der Waals surface area contributed by atoms with E-state index in [4.69, 9.17) is 22.1 Å². The summed E-state index contributed by atoms with van der Waals surface area (Å²) in [7, 11) is 0. The molecule has 4 heterocycles. The Morgan fingerprint density at radius 1 is 1.37 bits per heavy atom. The Hall–Kier alpha value is -2.91. The highest BCUT2D eigenvalue weighted by molar-refractivity contribution is 7.10. The van der Waals surface area contributed by atoms with Crippen LogP contribution in [0.2, 0.25) is 5.02 Å². The summed E-state index contributed by atoms with van der Waals surface area (Å²) in [6.07, 6.45) is -3.29. The van der Waals surface area contributed by atoms with E-state index in [-0.39, 0.29) is 38.3 Å². The van der Waals surface area contributed by atoms with E-state index in [2.05, 4.69) is 20.7 Å². The molecule has 222 valence electrons. The number of rotatable bonds is 11. The van der Waals surface area contributed by atoms with E-state index >= 15 is 0 Å². The minimum atomic E-state index is -4.67. The van der Waals surface area contributed by atoms with E-state index in [0.717, 1.165) is 4.88 Å². The summed E-state index contributed by atoms with van der Waals surface area (Å²) in [6.45, 7) is 1.21. The molecule has 3 atom stereocenters. The van der Waals surface area contributed by atoms with Gasteiger partial charge >= 0.3 is 6.18 Å². The van der Waals surface area contributed by atoms with Crippen molar-refractivity contribution in [1.29, 1.82) is 0 Å². The number of fused-ring (bicyclic) bond motifs is 1. The van der Waals surface area contributed by atoms with Crippen LogP contribution >= 0.6 is 22.9 Å². The monoisotopic (exact) mass is 614 g/mol. The predicted octanol–water partition coefficient (Wildman–Crippen LogP) is 2.46. The Kier molecular flexibility index (Phi) is 9.19. The molecule has 4 N–H and O–H groups in total. The molecule has 2 amide bonds. The Morgan fingerprint density at radius 2 is 2.12 bits per heavy atom. The van der Waals surface area contributed by atoms with Gasteiger partial charge in [0.25, 0.3) is 5.91 Å². The third-order valence-corrected chi connectivity index (χ3v) is 8.01. The number of alkyl halides is 3. The van der Waals surface area contributed by atoms with Crippen molar-refractivity contribution in [2.45, 2.75) is 57.1 Å². The topological polar surface area (TPSA) is 139 Å². The number of nitrogens with two attached hydrogens (primary N) is 1. The molecule has 2 aromatic heterocycles. The molecule has 0 saturated carbocycles. The molecule has 41 heavy (non-hydrogen) atoms. The van der Waals surface area contributed by atoms with Crippen LogP contribution in [0, 0.1) is 5.41 Å². The standard InChI is InChI=1S/C26H30ClF3N6O4S/c1-24(2,31)22(38)34-19(11-40-10-17-7-15(27)12-41-17)21(37)18-8-20-25(13-33-18,9-16-5-3-4-6-32-16)23(39)36(35-20)14-26(28,29)30/h3-7,12,18-19,33H,8-11,13-14,31H2,1-2H3,(H,34,38)/t18?,19-,25+/m1/s1. The second kappa shape index (κ2) is 12.1. The van der Waals surface area contributed by atoms with E-state index < -0.39 is 53.4 Å². The van der Waals surface area contributed by atoms with Crippen molar-refractivity contribution in [3.63, 3.8) is 0 Å². The molecule has 1 fully saturated rings. The Balaban J connectivity index is 1.55. The number of hydrazone groups is 1. The lowest BCUT2D eigenvalue weighted by molar-refractivity contribution is -0.163. The third-order valence-electron chi connectivity index (χ3n) is 6.75. The average Bonchev–Trinajstić information content (AvgIpc) is 3.42. The van der Waals surface area contributed by atoms with Crippen LogP contribution in [0.15, 0.2) is 40.9 Å². The van der Waals surface area contributed by atoms with Gasteiger partial charge in [0.05, 0.1) is 35.5 Å². The van der Waals surface area contributed by atoms with Crippen LogP contribution in [-0.2, 0) is 32.1 Å². The van der Waals surface area contributed by atoms with Gasteiger partial charge in [-0.3, -0.25) is 19.4 Å². The zero-order chi connectivity index (χ0) is 30.0. The molecule has 2 aliphatic heterocycles. The number of piperidine rings is 1. The lowest BCUT2D eigenvalue weighted by atomic mass is 9.72. The van der Waals surface area contributed by atoms with Gasteiger partial charge in [-0.2, -0.15) is 18.3 Å². The molecule has 0 radical (unpaired) electrons. The van der Waals surface area contributed by atoms with Gasteiger partial charge in [0.15, 0.2) is 5.78 Å². The predicted molar refractivity (Wildman–Crippen MR) is 146 cm³/mol. The molecule has 0 spiro atoms. The van der Waals surface area contributed by atoms with Crippen LogP contribution in [0.5, 0.6) is 0 Å². The first-order valence-corrected chi connectivity index (χ1v) is 14.0. The summed E-state index contributed by atoms with van der Waals surface area (Å²) >= 11 is 7.32. The Morgan fingerprint density at radius 3 is 2.73 bits per heavy atom. The number of nitrogens with one attached hydrogen (secondary N) is 2. The molecular weight excluding hydrogens is 585 g/mol. The van der Waals surface area contributed by atoms with E-state index in [1.807, 2.05) is 0 Å². The minimum Gasteiger partial charge on any atom is -0.373 e. The van der Waals surface area contributed by atoms with Crippen molar-refractivity contribution in [3.05, 3.63) is 51.4 Å². The van der Waals surface area contributed by atoms with Crippen molar-refractivity contribution in [1.82, 2.24) is 20.6 Å².